The molecule has 19 heavy (non-hydrogen) atoms. The molecule has 0 aliphatic heterocycles. The molecule has 0 saturated carbocycles. The molecule has 0 unspecified atom stereocenters. The summed E-state index contributed by atoms with van der Waals surface area (Å²) in [7, 11) is 0. The second-order valence-electron chi connectivity index (χ2n) is 4.11. The van der Waals surface area contributed by atoms with Crippen molar-refractivity contribution in [3.8, 4) is 0 Å². The zero-order valence-electron chi connectivity index (χ0n) is 10.2. The van der Waals surface area contributed by atoms with Crippen molar-refractivity contribution in [1.82, 2.24) is 4.98 Å². The Bertz CT molecular complexity index is 605. The van der Waals surface area contributed by atoms with E-state index >= 15 is 0 Å². The number of hydrogen-bond donors (Lipinski definition) is 1. The van der Waals surface area contributed by atoms with E-state index in [2.05, 4.69) is 32.9 Å². The summed E-state index contributed by atoms with van der Waals surface area (Å²) in [6, 6.07) is 5.01. The van der Waals surface area contributed by atoms with Crippen molar-refractivity contribution in [2.45, 2.75) is 19.8 Å². The number of nitrogens with one attached hydrogen (secondary N) is 1. The van der Waals surface area contributed by atoms with Crippen LogP contribution in [-0.2, 0) is 0 Å². The van der Waals surface area contributed by atoms with Gasteiger partial charge in [-0.15, -0.1) is 0 Å². The molecule has 0 amide bonds. The molecule has 1 heterocycles. The van der Waals surface area contributed by atoms with Crippen LogP contribution in [0.3, 0.4) is 0 Å². The van der Waals surface area contributed by atoms with Crippen LogP contribution in [0.2, 0.25) is 5.02 Å². The molecule has 0 saturated heterocycles. The highest BCUT2D eigenvalue weighted by molar-refractivity contribution is 14.1. The third kappa shape index (κ3) is 3.25. The molecule has 0 bridgehead atoms. The smallest absolute Gasteiger partial charge is 0.280 e. The van der Waals surface area contributed by atoms with Crippen molar-refractivity contribution in [2.24, 2.45) is 0 Å². The summed E-state index contributed by atoms with van der Waals surface area (Å²) in [5.41, 5.74) is 0.815. The van der Waals surface area contributed by atoms with Crippen LogP contribution in [0.15, 0.2) is 18.2 Å². The van der Waals surface area contributed by atoms with Gasteiger partial charge in [0.05, 0.1) is 10.5 Å². The van der Waals surface area contributed by atoms with E-state index in [1.54, 1.807) is 6.07 Å². The van der Waals surface area contributed by atoms with Gasteiger partial charge in [0.2, 0.25) is 0 Å². The molecule has 0 aliphatic rings. The molecule has 102 valence electrons. The first-order valence-corrected chi connectivity index (χ1v) is 7.30. The van der Waals surface area contributed by atoms with Crippen LogP contribution in [0.1, 0.15) is 25.5 Å². The van der Waals surface area contributed by atoms with Gasteiger partial charge in [-0.25, -0.2) is 13.8 Å². The highest BCUT2D eigenvalue weighted by Gasteiger charge is 2.15. The van der Waals surface area contributed by atoms with Crippen molar-refractivity contribution >= 4 is 50.8 Å². The second kappa shape index (κ2) is 6.17. The normalized spacial score (nSPS) is 11.3. The molecule has 0 fully saturated rings. The Kier molecular flexibility index (Phi) is 4.78. The summed E-state index contributed by atoms with van der Waals surface area (Å²) in [5, 5.41) is 4.32. The fourth-order valence-corrected chi connectivity index (χ4v) is 2.86. The van der Waals surface area contributed by atoms with Crippen LogP contribution in [0, 0.1) is 3.57 Å². The Balaban J connectivity index is 2.67. The molecule has 2 rings (SSSR count). The minimum Gasteiger partial charge on any atom is -0.384 e. The van der Waals surface area contributed by atoms with Crippen LogP contribution >= 0.6 is 34.2 Å². The average Bonchev–Trinajstić information content (AvgIpc) is 2.35. The van der Waals surface area contributed by atoms with Gasteiger partial charge in [0, 0.05) is 21.2 Å². The predicted octanol–water partition coefficient (Wildman–Crippen LogP) is 5.25. The average molecular weight is 397 g/mol. The molecule has 6 heteroatoms. The Morgan fingerprint density at radius 3 is 2.74 bits per heavy atom. The zero-order chi connectivity index (χ0) is 14.0. The number of pyridine rings is 1. The number of nitrogens with zero attached hydrogens (tertiary/aromatic N) is 1. The van der Waals surface area contributed by atoms with E-state index in [0.717, 1.165) is 15.4 Å². The van der Waals surface area contributed by atoms with Gasteiger partial charge in [-0.2, -0.15) is 0 Å². The molecule has 0 aliphatic carbocycles. The first-order valence-electron chi connectivity index (χ1n) is 5.84. The van der Waals surface area contributed by atoms with Crippen LogP contribution < -0.4 is 5.32 Å². The Labute approximate surface area is 128 Å². The van der Waals surface area contributed by atoms with Crippen molar-refractivity contribution < 1.29 is 8.78 Å². The van der Waals surface area contributed by atoms with Crippen LogP contribution in [0.25, 0.3) is 10.9 Å². The van der Waals surface area contributed by atoms with Gasteiger partial charge in [-0.05, 0) is 47.2 Å². The lowest BCUT2D eigenvalue weighted by Gasteiger charge is -2.12. The van der Waals surface area contributed by atoms with Gasteiger partial charge in [0.15, 0.2) is 0 Å². The SMILES string of the molecule is CCCNc1cc(C(F)F)nc2c(Cl)cc(I)cc12. The largest absolute Gasteiger partial charge is 0.384 e. The monoisotopic (exact) mass is 396 g/mol. The van der Waals surface area contributed by atoms with Gasteiger partial charge in [0.25, 0.3) is 6.43 Å². The summed E-state index contributed by atoms with van der Waals surface area (Å²) < 4.78 is 26.7. The van der Waals surface area contributed by atoms with Gasteiger partial charge in [-0.3, -0.25) is 0 Å². The second-order valence-corrected chi connectivity index (χ2v) is 5.76. The fourth-order valence-electron chi connectivity index (χ4n) is 1.79. The third-order valence-electron chi connectivity index (χ3n) is 2.64. The fraction of sp³-hybridized carbons (Fsp3) is 0.308. The van der Waals surface area contributed by atoms with Gasteiger partial charge < -0.3 is 5.32 Å². The number of halogens is 4. The molecule has 0 radical (unpaired) electrons. The standard InChI is InChI=1S/C13H12ClF2IN2/c1-2-3-18-10-6-11(13(15)16)19-12-8(10)4-7(17)5-9(12)14/h4-6,13H,2-3H2,1H3,(H,18,19). The highest BCUT2D eigenvalue weighted by Crippen LogP contribution is 2.33. The lowest BCUT2D eigenvalue weighted by atomic mass is 10.1. The minimum atomic E-state index is -2.61. The first kappa shape index (κ1) is 14.7. The third-order valence-corrected chi connectivity index (χ3v) is 3.55. The van der Waals surface area contributed by atoms with Gasteiger partial charge in [-0.1, -0.05) is 18.5 Å². The molecule has 0 spiro atoms. The quantitative estimate of drug-likeness (QED) is 0.714. The van der Waals surface area contributed by atoms with E-state index < -0.39 is 6.43 Å². The number of benzene rings is 1. The zero-order valence-corrected chi connectivity index (χ0v) is 13.1. The molecular weight excluding hydrogens is 385 g/mol. The molecule has 2 aromatic rings. The van der Waals surface area contributed by atoms with Crippen molar-refractivity contribution in [1.29, 1.82) is 0 Å². The number of fused-ring (bicyclic) bond motifs is 1. The van der Waals surface area contributed by atoms with E-state index in [9.17, 15) is 8.78 Å². The van der Waals surface area contributed by atoms with E-state index in [1.165, 1.54) is 6.07 Å². The first-order chi connectivity index (χ1) is 9.02. The molecule has 1 aromatic heterocycles. The van der Waals surface area contributed by atoms with E-state index in [-0.39, 0.29) is 5.69 Å². The van der Waals surface area contributed by atoms with E-state index in [0.29, 0.717) is 22.8 Å². The maximum Gasteiger partial charge on any atom is 0.280 e. The number of rotatable bonds is 4. The Morgan fingerprint density at radius 2 is 2.11 bits per heavy atom. The van der Waals surface area contributed by atoms with Crippen molar-refractivity contribution in [2.75, 3.05) is 11.9 Å². The van der Waals surface area contributed by atoms with Crippen LogP contribution in [0.5, 0.6) is 0 Å². The minimum absolute atomic E-state index is 0.255. The lowest BCUT2D eigenvalue weighted by molar-refractivity contribution is 0.146. The van der Waals surface area contributed by atoms with Gasteiger partial charge in [0.1, 0.15) is 5.69 Å². The number of hydrogen-bond acceptors (Lipinski definition) is 2. The Hall–Kier alpha value is -0.690. The molecule has 0 atom stereocenters. The molecular formula is C13H12ClF2IN2. The summed E-state index contributed by atoms with van der Waals surface area (Å²) >= 11 is 8.25. The van der Waals surface area contributed by atoms with Crippen LogP contribution in [0.4, 0.5) is 14.5 Å². The summed E-state index contributed by atoms with van der Waals surface area (Å²) in [6.07, 6.45) is -1.70. The van der Waals surface area contributed by atoms with E-state index in [1.807, 2.05) is 13.0 Å². The maximum atomic E-state index is 12.9. The molecule has 1 aromatic carbocycles. The van der Waals surface area contributed by atoms with E-state index in [4.69, 9.17) is 11.6 Å². The summed E-state index contributed by atoms with van der Waals surface area (Å²) in [6.45, 7) is 2.73. The lowest BCUT2D eigenvalue weighted by Crippen LogP contribution is -2.03. The number of aromatic nitrogens is 1. The highest BCUT2D eigenvalue weighted by atomic mass is 127. The number of alkyl halides is 2. The maximum absolute atomic E-state index is 12.9. The topological polar surface area (TPSA) is 24.9 Å². The van der Waals surface area contributed by atoms with Crippen LogP contribution in [-0.4, -0.2) is 11.5 Å². The molecule has 1 N–H and O–H groups in total. The Morgan fingerprint density at radius 1 is 1.37 bits per heavy atom. The predicted molar refractivity (Wildman–Crippen MR) is 83.2 cm³/mol. The van der Waals surface area contributed by atoms with Crippen molar-refractivity contribution in [3.63, 3.8) is 0 Å². The van der Waals surface area contributed by atoms with Crippen molar-refractivity contribution in [3.05, 3.63) is 32.5 Å². The summed E-state index contributed by atoms with van der Waals surface area (Å²) in [4.78, 5) is 3.96. The molecule has 2 nitrogen and oxygen atoms in total. The van der Waals surface area contributed by atoms with Gasteiger partial charge >= 0.3 is 0 Å². The number of anilines is 1. The summed E-state index contributed by atoms with van der Waals surface area (Å²) in [5.74, 6) is 0.